The topological polar surface area (TPSA) is 42.2 Å². The first-order chi connectivity index (χ1) is 13.0. The van der Waals surface area contributed by atoms with Crippen LogP contribution in [0.2, 0.25) is 0 Å². The Labute approximate surface area is 144 Å². The van der Waals surface area contributed by atoms with Gasteiger partial charge >= 0.3 is 0 Å². The van der Waals surface area contributed by atoms with Crippen LogP contribution in [0.1, 0.15) is 27.6 Å². The molecule has 0 saturated heterocycles. The molecule has 3 heterocycles. The quantitative estimate of drug-likeness (QED) is 0.710. The summed E-state index contributed by atoms with van der Waals surface area (Å²) in [6.07, 6.45) is 3.07. The van der Waals surface area contributed by atoms with Crippen LogP contribution in [-0.2, 0) is 13.0 Å². The molecule has 1 aliphatic heterocycles. The highest BCUT2D eigenvalue weighted by molar-refractivity contribution is 5.51. The normalized spacial score (nSPS) is 16.1. The fourth-order valence-corrected chi connectivity index (χ4v) is 2.88. The van der Waals surface area contributed by atoms with E-state index < -0.39 is 11.9 Å². The largest absolute Gasteiger partial charge is 0.440 e. The van der Waals surface area contributed by atoms with Crippen molar-refractivity contribution in [1.29, 1.82) is 0 Å². The van der Waals surface area contributed by atoms with Crippen molar-refractivity contribution in [2.45, 2.75) is 26.3 Å². The second-order valence-corrected chi connectivity index (χ2v) is 5.79. The first kappa shape index (κ1) is 11.8. The van der Waals surface area contributed by atoms with E-state index in [0.717, 1.165) is 12.2 Å². The lowest BCUT2D eigenvalue weighted by Crippen LogP contribution is -2.23. The number of pyridine rings is 1. The van der Waals surface area contributed by atoms with Crippen molar-refractivity contribution in [2.75, 3.05) is 11.4 Å². The van der Waals surface area contributed by atoms with E-state index in [1.54, 1.807) is 11.1 Å². The molecule has 2 aromatic heterocycles. The van der Waals surface area contributed by atoms with Gasteiger partial charge in [-0.1, -0.05) is 6.07 Å². The van der Waals surface area contributed by atoms with Crippen LogP contribution in [0.25, 0.3) is 11.6 Å². The maximum atomic E-state index is 14.3. The van der Waals surface area contributed by atoms with Crippen LogP contribution in [0.5, 0.6) is 0 Å². The van der Waals surface area contributed by atoms with Gasteiger partial charge in [0.25, 0.3) is 0 Å². The Morgan fingerprint density at radius 1 is 1.29 bits per heavy atom. The standard InChI is InChI=1S/C19H18FN3O/c1-13-9-14(20)11-15(10-13)23-8-4-6-18-17(12-23)22-19(24-18)16-5-2-3-7-21-16/h2-3,5,7,9-11H,4,6,8,12H2,1H3/i9D,10D,11D. The van der Waals surface area contributed by atoms with Gasteiger partial charge in [0.1, 0.15) is 23.0 Å². The maximum Gasteiger partial charge on any atom is 0.245 e. The number of aromatic nitrogens is 2. The van der Waals surface area contributed by atoms with Gasteiger partial charge in [0.15, 0.2) is 0 Å². The van der Waals surface area contributed by atoms with Crippen molar-refractivity contribution in [2.24, 2.45) is 0 Å². The van der Waals surface area contributed by atoms with E-state index >= 15 is 0 Å². The molecule has 0 amide bonds. The Balaban J connectivity index is 1.74. The van der Waals surface area contributed by atoms with Gasteiger partial charge < -0.3 is 9.32 Å². The smallest absolute Gasteiger partial charge is 0.245 e. The van der Waals surface area contributed by atoms with Crippen molar-refractivity contribution in [1.82, 2.24) is 9.97 Å². The Bertz CT molecular complexity index is 978. The Kier molecular flexibility index (Phi) is 2.98. The molecular formula is C19H18FN3O. The van der Waals surface area contributed by atoms with Crippen molar-refractivity contribution >= 4 is 5.69 Å². The number of hydrogen-bond acceptors (Lipinski definition) is 4. The van der Waals surface area contributed by atoms with E-state index in [2.05, 4.69) is 9.97 Å². The van der Waals surface area contributed by atoms with E-state index in [4.69, 9.17) is 8.53 Å². The molecule has 0 bridgehead atoms. The summed E-state index contributed by atoms with van der Waals surface area (Å²) < 4.78 is 44.3. The van der Waals surface area contributed by atoms with Crippen LogP contribution in [0.4, 0.5) is 10.1 Å². The number of nitrogens with zero attached hydrogens (tertiary/aromatic N) is 3. The molecule has 0 saturated carbocycles. The number of aryl methyl sites for hydroxylation is 1. The summed E-state index contributed by atoms with van der Waals surface area (Å²) in [5.74, 6) is 0.298. The van der Waals surface area contributed by atoms with Crippen LogP contribution in [0.15, 0.2) is 46.9 Å². The van der Waals surface area contributed by atoms with Crippen molar-refractivity contribution < 1.29 is 12.9 Å². The van der Waals surface area contributed by atoms with E-state index in [-0.39, 0.29) is 23.3 Å². The molecule has 3 aromatic rings. The summed E-state index contributed by atoms with van der Waals surface area (Å²) in [6.45, 7) is 2.41. The molecule has 0 fully saturated rings. The second-order valence-electron chi connectivity index (χ2n) is 5.79. The molecule has 5 heteroatoms. The predicted molar refractivity (Wildman–Crippen MR) is 90.2 cm³/mol. The third-order valence-corrected chi connectivity index (χ3v) is 3.98. The van der Waals surface area contributed by atoms with Crippen LogP contribution < -0.4 is 4.90 Å². The molecule has 1 aromatic carbocycles. The van der Waals surface area contributed by atoms with Crippen molar-refractivity contribution in [3.63, 3.8) is 0 Å². The van der Waals surface area contributed by atoms with Crippen LogP contribution >= 0.6 is 0 Å². The first-order valence-electron chi connectivity index (χ1n) is 9.38. The molecule has 0 unspecified atom stereocenters. The fraction of sp³-hybridized carbons (Fsp3) is 0.263. The third-order valence-electron chi connectivity index (χ3n) is 3.98. The van der Waals surface area contributed by atoms with Gasteiger partial charge in [-0.25, -0.2) is 9.37 Å². The minimum Gasteiger partial charge on any atom is -0.440 e. The molecule has 24 heavy (non-hydrogen) atoms. The molecule has 4 nitrogen and oxygen atoms in total. The highest BCUT2D eigenvalue weighted by Crippen LogP contribution is 2.28. The Hall–Kier alpha value is -2.69. The van der Waals surface area contributed by atoms with Crippen molar-refractivity contribution in [3.8, 4) is 11.6 Å². The first-order valence-corrected chi connectivity index (χ1v) is 7.88. The molecule has 0 radical (unpaired) electrons. The van der Waals surface area contributed by atoms with Crippen LogP contribution in [-0.4, -0.2) is 16.5 Å². The molecule has 0 spiro atoms. The summed E-state index contributed by atoms with van der Waals surface area (Å²) in [5, 5.41) is 0. The van der Waals surface area contributed by atoms with Crippen LogP contribution in [0.3, 0.4) is 0 Å². The lowest BCUT2D eigenvalue weighted by Gasteiger charge is -2.22. The number of rotatable bonds is 2. The highest BCUT2D eigenvalue weighted by atomic mass is 19.1. The number of benzene rings is 1. The zero-order valence-corrected chi connectivity index (χ0v) is 13.3. The second kappa shape index (κ2) is 6.07. The average Bonchev–Trinajstić information content (AvgIpc) is 2.98. The van der Waals surface area contributed by atoms with Crippen molar-refractivity contribution in [3.05, 3.63) is 65.4 Å². The molecule has 122 valence electrons. The zero-order valence-electron chi connectivity index (χ0n) is 16.3. The lowest BCUT2D eigenvalue weighted by molar-refractivity contribution is 0.511. The third kappa shape index (κ3) is 2.89. The van der Waals surface area contributed by atoms with Gasteiger partial charge in [0.05, 0.1) is 10.7 Å². The molecular weight excluding hydrogens is 305 g/mol. The van der Waals surface area contributed by atoms with Gasteiger partial charge in [-0.2, -0.15) is 0 Å². The van der Waals surface area contributed by atoms with E-state index in [1.807, 2.05) is 18.2 Å². The Morgan fingerprint density at radius 2 is 2.21 bits per heavy atom. The zero-order chi connectivity index (χ0) is 19.1. The van der Waals surface area contributed by atoms with E-state index in [9.17, 15) is 4.39 Å². The SMILES string of the molecule is [2H]c1c(C)c([2H])c(N2CCCc3oc(-c4ccccn4)nc3C2)c([2H])c1F. The number of halogens is 1. The van der Waals surface area contributed by atoms with E-state index in [1.165, 1.54) is 6.92 Å². The summed E-state index contributed by atoms with van der Waals surface area (Å²) in [4.78, 5) is 10.6. The molecule has 0 atom stereocenters. The Morgan fingerprint density at radius 3 is 3.04 bits per heavy atom. The summed E-state index contributed by atoms with van der Waals surface area (Å²) in [5.41, 5.74) is 1.79. The maximum absolute atomic E-state index is 14.3. The van der Waals surface area contributed by atoms with Gasteiger partial charge in [-0.05, 0) is 49.2 Å². The number of oxazole rings is 1. The monoisotopic (exact) mass is 326 g/mol. The van der Waals surface area contributed by atoms with Crippen LogP contribution in [0, 0.1) is 12.7 Å². The number of hydrogen-bond donors (Lipinski definition) is 0. The average molecular weight is 326 g/mol. The highest BCUT2D eigenvalue weighted by Gasteiger charge is 2.22. The number of anilines is 1. The lowest BCUT2D eigenvalue weighted by atomic mass is 10.2. The summed E-state index contributed by atoms with van der Waals surface area (Å²) in [7, 11) is 0. The van der Waals surface area contributed by atoms with E-state index in [0.29, 0.717) is 36.8 Å². The molecule has 1 aliphatic rings. The minimum absolute atomic E-state index is 0.0169. The molecule has 4 rings (SSSR count). The number of fused-ring (bicyclic) bond motifs is 1. The predicted octanol–water partition coefficient (Wildman–Crippen LogP) is 4.14. The van der Waals surface area contributed by atoms with Gasteiger partial charge in [0, 0.05) is 24.8 Å². The summed E-state index contributed by atoms with van der Waals surface area (Å²) in [6, 6.07) is 4.71. The van der Waals surface area contributed by atoms with Gasteiger partial charge in [-0.15, -0.1) is 0 Å². The summed E-state index contributed by atoms with van der Waals surface area (Å²) >= 11 is 0. The van der Waals surface area contributed by atoms with Gasteiger partial charge in [-0.3, -0.25) is 4.98 Å². The molecule has 0 N–H and O–H groups in total. The fourth-order valence-electron chi connectivity index (χ4n) is 2.88. The minimum atomic E-state index is -0.891. The van der Waals surface area contributed by atoms with Gasteiger partial charge in [0.2, 0.25) is 5.89 Å². The molecule has 0 aliphatic carbocycles.